The van der Waals surface area contributed by atoms with Gasteiger partial charge in [-0.3, -0.25) is 0 Å². The third kappa shape index (κ3) is 3.00. The summed E-state index contributed by atoms with van der Waals surface area (Å²) in [6, 6.07) is 8.11. The third-order valence-electron chi connectivity index (χ3n) is 1.08. The average molecular weight is 227 g/mol. The van der Waals surface area contributed by atoms with E-state index in [0.29, 0.717) is 0 Å². The van der Waals surface area contributed by atoms with Gasteiger partial charge in [0.2, 0.25) is 0 Å². The highest BCUT2D eigenvalue weighted by Crippen LogP contribution is 2.19. The minimum atomic E-state index is 1.10. The van der Waals surface area contributed by atoms with Crippen LogP contribution in [0.5, 0.6) is 0 Å². The van der Waals surface area contributed by atoms with E-state index in [-0.39, 0.29) is 0 Å². The van der Waals surface area contributed by atoms with Crippen molar-refractivity contribution in [1.29, 1.82) is 0 Å². The summed E-state index contributed by atoms with van der Waals surface area (Å²) >= 11 is 4.92. The number of hydrogen-bond donors (Lipinski definition) is 0. The second kappa shape index (κ2) is 4.48. The molecule has 0 saturated heterocycles. The predicted octanol–water partition coefficient (Wildman–Crippen LogP) is 3.52. The summed E-state index contributed by atoms with van der Waals surface area (Å²) in [7, 11) is 0. The van der Waals surface area contributed by atoms with Crippen molar-refractivity contribution in [1.82, 2.24) is 0 Å². The molecule has 1 aromatic carbocycles. The molecule has 1 rings (SSSR count). The molecule has 0 atom stereocenters. The normalized spacial score (nSPS) is 8.55. The molecule has 0 aliphatic rings. The van der Waals surface area contributed by atoms with Crippen LogP contribution in [0.25, 0.3) is 0 Å². The maximum Gasteiger partial charge on any atom is 0.0204 e. The highest BCUT2D eigenvalue weighted by molar-refractivity contribution is 9.10. The van der Waals surface area contributed by atoms with Crippen molar-refractivity contribution in [2.24, 2.45) is 0 Å². The molecule has 0 aromatic heterocycles. The van der Waals surface area contributed by atoms with Gasteiger partial charge in [0.05, 0.1) is 0 Å². The molecule has 0 amide bonds. The highest BCUT2D eigenvalue weighted by atomic mass is 79.9. The minimum absolute atomic E-state index is 1.10. The van der Waals surface area contributed by atoms with E-state index in [1.54, 1.807) is 11.8 Å². The topological polar surface area (TPSA) is 0 Å². The molecule has 0 radical (unpaired) electrons. The van der Waals surface area contributed by atoms with Gasteiger partial charge in [0, 0.05) is 9.37 Å². The second-order valence-corrected chi connectivity index (χ2v) is 3.70. The molecule has 56 valence electrons. The smallest absolute Gasteiger partial charge is 0.0204 e. The fraction of sp³-hybridized carbons (Fsp3) is 0.111. The van der Waals surface area contributed by atoms with Gasteiger partial charge in [-0.1, -0.05) is 21.9 Å². The Labute approximate surface area is 79.5 Å². The predicted molar refractivity (Wildman–Crippen MR) is 53.4 cm³/mol. The van der Waals surface area contributed by atoms with Crippen LogP contribution in [0.3, 0.4) is 0 Å². The van der Waals surface area contributed by atoms with E-state index in [1.807, 2.05) is 31.2 Å². The Morgan fingerprint density at radius 3 is 2.45 bits per heavy atom. The summed E-state index contributed by atoms with van der Waals surface area (Å²) in [5, 5.41) is 2.94. The summed E-state index contributed by atoms with van der Waals surface area (Å²) in [6.45, 7) is 1.84. The Morgan fingerprint density at radius 2 is 1.91 bits per heavy atom. The summed E-state index contributed by atoms with van der Waals surface area (Å²) in [5.74, 6) is 2.83. The molecule has 0 saturated carbocycles. The molecule has 0 nitrogen and oxygen atoms in total. The number of hydrogen-bond acceptors (Lipinski definition) is 1. The Bertz CT molecular complexity index is 279. The second-order valence-electron chi connectivity index (χ2n) is 1.91. The van der Waals surface area contributed by atoms with Crippen LogP contribution in [-0.2, 0) is 0 Å². The number of rotatable bonds is 1. The lowest BCUT2D eigenvalue weighted by Gasteiger charge is -1.92. The lowest BCUT2D eigenvalue weighted by atomic mass is 10.4. The molecule has 0 bridgehead atoms. The summed E-state index contributed by atoms with van der Waals surface area (Å²) in [6.07, 6.45) is 0. The first-order valence-corrected chi connectivity index (χ1v) is 4.78. The van der Waals surface area contributed by atoms with E-state index in [9.17, 15) is 0 Å². The molecule has 0 aliphatic heterocycles. The largest absolute Gasteiger partial charge is 0.0943 e. The number of halogens is 1. The zero-order valence-corrected chi connectivity index (χ0v) is 8.50. The zero-order valence-electron chi connectivity index (χ0n) is 6.10. The third-order valence-corrected chi connectivity index (χ3v) is 2.43. The number of benzene rings is 1. The Balaban J connectivity index is 2.71. The number of thioether (sulfide) groups is 1. The molecule has 0 spiro atoms. The molecule has 0 N–H and O–H groups in total. The quantitative estimate of drug-likeness (QED) is 0.522. The van der Waals surface area contributed by atoms with Crippen LogP contribution in [0.2, 0.25) is 0 Å². The van der Waals surface area contributed by atoms with Crippen LogP contribution in [0.15, 0.2) is 33.6 Å². The van der Waals surface area contributed by atoms with Gasteiger partial charge < -0.3 is 0 Å². The van der Waals surface area contributed by atoms with Crippen LogP contribution in [0.1, 0.15) is 6.92 Å². The van der Waals surface area contributed by atoms with Gasteiger partial charge in [-0.2, -0.15) is 0 Å². The molecular weight excluding hydrogens is 220 g/mol. The van der Waals surface area contributed by atoms with Crippen LogP contribution in [0.4, 0.5) is 0 Å². The molecule has 0 unspecified atom stereocenters. The molecule has 11 heavy (non-hydrogen) atoms. The van der Waals surface area contributed by atoms with Gasteiger partial charge in [0.25, 0.3) is 0 Å². The maximum atomic E-state index is 3.37. The molecule has 0 heterocycles. The Morgan fingerprint density at radius 1 is 1.27 bits per heavy atom. The van der Waals surface area contributed by atoms with Crippen molar-refractivity contribution >= 4 is 27.7 Å². The first-order valence-electron chi connectivity index (χ1n) is 3.17. The Kier molecular flexibility index (Phi) is 3.55. The van der Waals surface area contributed by atoms with Crippen LogP contribution >= 0.6 is 27.7 Å². The van der Waals surface area contributed by atoms with Gasteiger partial charge in [-0.05, 0) is 48.2 Å². The average Bonchev–Trinajstić information content (AvgIpc) is 2.04. The fourth-order valence-corrected chi connectivity index (χ4v) is 1.37. The summed E-state index contributed by atoms with van der Waals surface area (Å²) in [5.41, 5.74) is 0. The van der Waals surface area contributed by atoms with Gasteiger partial charge in [-0.25, -0.2) is 0 Å². The van der Waals surface area contributed by atoms with E-state index < -0.39 is 0 Å². The van der Waals surface area contributed by atoms with Crippen molar-refractivity contribution in [2.45, 2.75) is 11.8 Å². The highest BCUT2D eigenvalue weighted by Gasteiger charge is 1.88. The standard InChI is InChI=1S/C9H7BrS/c1-2-7-11-9-5-3-8(10)4-6-9/h3-6H,1H3. The maximum absolute atomic E-state index is 3.37. The van der Waals surface area contributed by atoms with E-state index in [4.69, 9.17) is 0 Å². The van der Waals surface area contributed by atoms with Crippen molar-refractivity contribution in [3.63, 3.8) is 0 Å². The van der Waals surface area contributed by atoms with E-state index >= 15 is 0 Å². The molecule has 0 aliphatic carbocycles. The zero-order chi connectivity index (χ0) is 8.10. The molecule has 0 fully saturated rings. The van der Waals surface area contributed by atoms with Crippen LogP contribution in [0, 0.1) is 11.2 Å². The van der Waals surface area contributed by atoms with E-state index in [0.717, 1.165) is 4.47 Å². The van der Waals surface area contributed by atoms with Gasteiger partial charge >= 0.3 is 0 Å². The lowest BCUT2D eigenvalue weighted by Crippen LogP contribution is -1.66. The van der Waals surface area contributed by atoms with Crippen molar-refractivity contribution in [2.75, 3.05) is 0 Å². The van der Waals surface area contributed by atoms with E-state index in [1.165, 1.54) is 4.90 Å². The molecule has 2 heteroatoms. The minimum Gasteiger partial charge on any atom is -0.0943 e. The molecule has 1 aromatic rings. The van der Waals surface area contributed by atoms with Crippen molar-refractivity contribution < 1.29 is 0 Å². The fourth-order valence-electron chi connectivity index (χ4n) is 0.613. The van der Waals surface area contributed by atoms with Crippen molar-refractivity contribution in [3.8, 4) is 11.2 Å². The van der Waals surface area contributed by atoms with E-state index in [2.05, 4.69) is 27.1 Å². The SMILES string of the molecule is CC#CSc1ccc(Br)cc1. The van der Waals surface area contributed by atoms with Crippen molar-refractivity contribution in [3.05, 3.63) is 28.7 Å². The van der Waals surface area contributed by atoms with Gasteiger partial charge in [0.15, 0.2) is 0 Å². The molecular formula is C9H7BrS. The van der Waals surface area contributed by atoms with Crippen LogP contribution < -0.4 is 0 Å². The summed E-state index contributed by atoms with van der Waals surface area (Å²) in [4.78, 5) is 1.18. The first kappa shape index (κ1) is 8.70. The monoisotopic (exact) mass is 226 g/mol. The lowest BCUT2D eigenvalue weighted by molar-refractivity contribution is 1.45. The van der Waals surface area contributed by atoms with Crippen LogP contribution in [-0.4, -0.2) is 0 Å². The van der Waals surface area contributed by atoms with Gasteiger partial charge in [0.1, 0.15) is 0 Å². The first-order chi connectivity index (χ1) is 5.33. The van der Waals surface area contributed by atoms with Gasteiger partial charge in [-0.15, -0.1) is 0 Å². The Hall–Kier alpha value is -0.390. The summed E-state index contributed by atoms with van der Waals surface area (Å²) < 4.78 is 1.10.